The van der Waals surface area contributed by atoms with Crippen LogP contribution in [0.1, 0.15) is 17.0 Å². The number of halogens is 2. The predicted octanol–water partition coefficient (Wildman–Crippen LogP) is 4.38. The maximum Gasteiger partial charge on any atom is 0.137 e. The summed E-state index contributed by atoms with van der Waals surface area (Å²) in [7, 11) is 0. The number of nitrogens with one attached hydrogen (secondary N) is 1. The second-order valence-electron chi connectivity index (χ2n) is 4.81. The molecule has 0 bridgehead atoms. The third-order valence-electron chi connectivity index (χ3n) is 3.27. The van der Waals surface area contributed by atoms with E-state index in [0.29, 0.717) is 11.4 Å². The Balaban J connectivity index is 2.02. The zero-order chi connectivity index (χ0) is 15.4. The Morgan fingerprint density at radius 2 is 1.91 bits per heavy atom. The molecule has 0 aliphatic carbocycles. The van der Waals surface area contributed by atoms with E-state index in [2.05, 4.69) is 15.2 Å². The molecule has 0 saturated carbocycles. The molecule has 1 aromatic heterocycles. The molecule has 0 unspecified atom stereocenters. The van der Waals surface area contributed by atoms with Crippen LogP contribution in [0.25, 0.3) is 11.6 Å². The summed E-state index contributed by atoms with van der Waals surface area (Å²) in [6.45, 7) is 0. The van der Waals surface area contributed by atoms with Crippen LogP contribution in [0.2, 0.25) is 5.02 Å². The van der Waals surface area contributed by atoms with Crippen LogP contribution in [0.3, 0.4) is 0 Å². The Bertz CT molecular complexity index is 780. The van der Waals surface area contributed by atoms with E-state index in [1.54, 1.807) is 12.1 Å². The predicted molar refractivity (Wildman–Crippen MR) is 85.8 cm³/mol. The van der Waals surface area contributed by atoms with Crippen molar-refractivity contribution < 1.29 is 4.39 Å². The van der Waals surface area contributed by atoms with Gasteiger partial charge in [0.2, 0.25) is 0 Å². The molecule has 0 atom stereocenters. The van der Waals surface area contributed by atoms with E-state index in [4.69, 9.17) is 11.6 Å². The second-order valence-corrected chi connectivity index (χ2v) is 5.21. The molecule has 1 N–H and O–H groups in total. The van der Waals surface area contributed by atoms with Crippen molar-refractivity contribution in [3.8, 4) is 0 Å². The van der Waals surface area contributed by atoms with Crippen LogP contribution in [-0.4, -0.2) is 15.2 Å². The van der Waals surface area contributed by atoms with Crippen LogP contribution >= 0.6 is 11.6 Å². The fourth-order valence-corrected chi connectivity index (χ4v) is 2.37. The van der Waals surface area contributed by atoms with Gasteiger partial charge in [-0.3, -0.25) is 5.10 Å². The Hall–Kier alpha value is -2.46. The molecule has 1 heterocycles. The van der Waals surface area contributed by atoms with Gasteiger partial charge in [0.05, 0.1) is 0 Å². The molecule has 110 valence electrons. The van der Waals surface area contributed by atoms with Crippen molar-refractivity contribution in [1.82, 2.24) is 15.2 Å². The van der Waals surface area contributed by atoms with Gasteiger partial charge in [-0.25, -0.2) is 9.37 Å². The van der Waals surface area contributed by atoms with Crippen molar-refractivity contribution in [3.63, 3.8) is 0 Å². The van der Waals surface area contributed by atoms with Gasteiger partial charge in [0.1, 0.15) is 18.0 Å². The molecule has 0 amide bonds. The standard InChI is InChI=1S/C17H13ClFN3/c18-16-4-2-1-3-13(16)9-14(10-17-20-11-21-22-17)12-5-7-15(19)8-6-12/h1-9,11H,10H2,(H,20,21,22). The Morgan fingerprint density at radius 1 is 1.14 bits per heavy atom. The topological polar surface area (TPSA) is 41.6 Å². The molecular formula is C17H13ClFN3. The molecule has 22 heavy (non-hydrogen) atoms. The van der Waals surface area contributed by atoms with Gasteiger partial charge in [-0.1, -0.05) is 41.9 Å². The average Bonchev–Trinajstić information content (AvgIpc) is 3.03. The van der Waals surface area contributed by atoms with Gasteiger partial charge in [0, 0.05) is 11.4 Å². The van der Waals surface area contributed by atoms with Crippen molar-refractivity contribution in [3.05, 3.63) is 82.6 Å². The van der Waals surface area contributed by atoms with Crippen molar-refractivity contribution in [2.45, 2.75) is 6.42 Å². The van der Waals surface area contributed by atoms with Crippen molar-refractivity contribution in [2.24, 2.45) is 0 Å². The molecule has 3 rings (SSSR count). The summed E-state index contributed by atoms with van der Waals surface area (Å²) in [6, 6.07) is 14.0. The highest BCUT2D eigenvalue weighted by molar-refractivity contribution is 6.32. The average molecular weight is 314 g/mol. The first-order valence-corrected chi connectivity index (χ1v) is 7.15. The van der Waals surface area contributed by atoms with E-state index in [0.717, 1.165) is 22.5 Å². The number of aromatic amines is 1. The molecule has 3 aromatic rings. The SMILES string of the molecule is Fc1ccc(C(=Cc2ccccc2Cl)Cc2ncn[nH]2)cc1. The van der Waals surface area contributed by atoms with Crippen molar-refractivity contribution in [2.75, 3.05) is 0 Å². The number of rotatable bonds is 4. The largest absolute Gasteiger partial charge is 0.263 e. The molecule has 0 spiro atoms. The van der Waals surface area contributed by atoms with Gasteiger partial charge >= 0.3 is 0 Å². The van der Waals surface area contributed by atoms with E-state index in [1.165, 1.54) is 18.5 Å². The monoisotopic (exact) mass is 313 g/mol. The molecule has 0 aliphatic rings. The highest BCUT2D eigenvalue weighted by atomic mass is 35.5. The number of benzene rings is 2. The Labute approximate surface area is 132 Å². The van der Waals surface area contributed by atoms with E-state index < -0.39 is 0 Å². The maximum absolute atomic E-state index is 13.1. The highest BCUT2D eigenvalue weighted by Gasteiger charge is 2.07. The molecule has 0 saturated heterocycles. The first-order valence-electron chi connectivity index (χ1n) is 6.77. The maximum atomic E-state index is 13.1. The number of nitrogens with zero attached hydrogens (tertiary/aromatic N) is 2. The summed E-state index contributed by atoms with van der Waals surface area (Å²) in [5.74, 6) is 0.475. The first-order chi connectivity index (χ1) is 10.7. The molecule has 0 fully saturated rings. The van der Waals surface area contributed by atoms with E-state index >= 15 is 0 Å². The minimum Gasteiger partial charge on any atom is -0.263 e. The van der Waals surface area contributed by atoms with Crippen LogP contribution in [0.15, 0.2) is 54.9 Å². The fraction of sp³-hybridized carbons (Fsp3) is 0.0588. The molecular weight excluding hydrogens is 301 g/mol. The number of hydrogen-bond donors (Lipinski definition) is 1. The summed E-state index contributed by atoms with van der Waals surface area (Å²) < 4.78 is 13.1. The number of aromatic nitrogens is 3. The molecule has 0 aliphatic heterocycles. The second kappa shape index (κ2) is 6.54. The van der Waals surface area contributed by atoms with Gasteiger partial charge in [-0.2, -0.15) is 5.10 Å². The highest BCUT2D eigenvalue weighted by Crippen LogP contribution is 2.25. The van der Waals surface area contributed by atoms with Crippen molar-refractivity contribution in [1.29, 1.82) is 0 Å². The van der Waals surface area contributed by atoms with E-state index in [1.807, 2.05) is 30.3 Å². The van der Waals surface area contributed by atoms with Crippen LogP contribution in [0.5, 0.6) is 0 Å². The van der Waals surface area contributed by atoms with E-state index in [-0.39, 0.29) is 5.82 Å². The third kappa shape index (κ3) is 3.40. The molecule has 5 heteroatoms. The lowest BCUT2D eigenvalue weighted by atomic mass is 9.99. The van der Waals surface area contributed by atoms with Gasteiger partial charge in [-0.15, -0.1) is 0 Å². The minimum absolute atomic E-state index is 0.263. The van der Waals surface area contributed by atoms with Gasteiger partial charge in [-0.05, 0) is 41.0 Å². The van der Waals surface area contributed by atoms with Crippen LogP contribution in [-0.2, 0) is 6.42 Å². The summed E-state index contributed by atoms with van der Waals surface area (Å²) in [5.41, 5.74) is 2.80. The first kappa shape index (κ1) is 14.5. The number of hydrogen-bond acceptors (Lipinski definition) is 2. The normalized spacial score (nSPS) is 11.6. The zero-order valence-electron chi connectivity index (χ0n) is 11.6. The number of H-pyrrole nitrogens is 1. The summed E-state index contributed by atoms with van der Waals surface area (Å²) in [5, 5.41) is 7.36. The molecule has 0 radical (unpaired) electrons. The van der Waals surface area contributed by atoms with Crippen LogP contribution in [0, 0.1) is 5.82 Å². The van der Waals surface area contributed by atoms with Crippen molar-refractivity contribution >= 4 is 23.3 Å². The van der Waals surface area contributed by atoms with Crippen LogP contribution < -0.4 is 0 Å². The lowest BCUT2D eigenvalue weighted by molar-refractivity contribution is 0.627. The summed E-state index contributed by atoms with van der Waals surface area (Å²) in [4.78, 5) is 4.15. The Morgan fingerprint density at radius 3 is 2.59 bits per heavy atom. The van der Waals surface area contributed by atoms with E-state index in [9.17, 15) is 4.39 Å². The quantitative estimate of drug-likeness (QED) is 0.726. The Kier molecular flexibility index (Phi) is 4.30. The fourth-order valence-electron chi connectivity index (χ4n) is 2.18. The summed E-state index contributed by atoms with van der Waals surface area (Å²) in [6.07, 6.45) is 4.00. The zero-order valence-corrected chi connectivity index (χ0v) is 12.4. The lowest BCUT2D eigenvalue weighted by Crippen LogP contribution is -1.94. The third-order valence-corrected chi connectivity index (χ3v) is 3.62. The lowest BCUT2D eigenvalue weighted by Gasteiger charge is -2.08. The van der Waals surface area contributed by atoms with Crippen LogP contribution in [0.4, 0.5) is 4.39 Å². The van der Waals surface area contributed by atoms with Gasteiger partial charge in [0.25, 0.3) is 0 Å². The minimum atomic E-state index is -0.263. The smallest absolute Gasteiger partial charge is 0.137 e. The molecule has 2 aromatic carbocycles. The van der Waals surface area contributed by atoms with Gasteiger partial charge in [0.15, 0.2) is 0 Å². The molecule has 3 nitrogen and oxygen atoms in total. The van der Waals surface area contributed by atoms with Gasteiger partial charge < -0.3 is 0 Å². The number of allylic oxidation sites excluding steroid dienone is 1. The summed E-state index contributed by atoms with van der Waals surface area (Å²) >= 11 is 6.22.